The standard InChI is InChI=1S/C20H24ClNO3S/c1-4-22(12-16-7-10-18(24-2)19(11-16)25-3)20(23)14-26-13-15-5-8-17(21)9-6-15/h5-11H,4,12-14H2,1-3H3. The fraction of sp³-hybridized carbons (Fsp3) is 0.350. The van der Waals surface area contributed by atoms with Gasteiger partial charge in [-0.15, -0.1) is 11.8 Å². The molecule has 6 heteroatoms. The highest BCUT2D eigenvalue weighted by atomic mass is 35.5. The lowest BCUT2D eigenvalue weighted by Crippen LogP contribution is -2.31. The first-order chi connectivity index (χ1) is 12.6. The molecule has 0 saturated heterocycles. The molecule has 0 spiro atoms. The number of carbonyl (C=O) groups is 1. The maximum absolute atomic E-state index is 12.5. The highest BCUT2D eigenvalue weighted by Crippen LogP contribution is 2.28. The maximum atomic E-state index is 12.5. The zero-order valence-electron chi connectivity index (χ0n) is 15.3. The topological polar surface area (TPSA) is 38.8 Å². The fourth-order valence-corrected chi connectivity index (χ4v) is 3.52. The summed E-state index contributed by atoms with van der Waals surface area (Å²) in [4.78, 5) is 14.4. The van der Waals surface area contributed by atoms with Crippen LogP contribution in [0.15, 0.2) is 42.5 Å². The van der Waals surface area contributed by atoms with Crippen molar-refractivity contribution in [1.82, 2.24) is 4.90 Å². The summed E-state index contributed by atoms with van der Waals surface area (Å²) in [6, 6.07) is 13.4. The molecule has 0 bridgehead atoms. The first-order valence-corrected chi connectivity index (χ1v) is 9.91. The zero-order valence-corrected chi connectivity index (χ0v) is 16.9. The number of hydrogen-bond acceptors (Lipinski definition) is 4. The Morgan fingerprint density at radius 3 is 2.31 bits per heavy atom. The minimum absolute atomic E-state index is 0.126. The Labute approximate surface area is 164 Å². The van der Waals surface area contributed by atoms with Gasteiger partial charge in [0.25, 0.3) is 0 Å². The molecule has 1 amide bonds. The number of ether oxygens (including phenoxy) is 2. The van der Waals surface area contributed by atoms with Crippen molar-refractivity contribution in [3.63, 3.8) is 0 Å². The third-order valence-electron chi connectivity index (χ3n) is 3.96. The van der Waals surface area contributed by atoms with Gasteiger partial charge in [0.15, 0.2) is 11.5 Å². The van der Waals surface area contributed by atoms with E-state index in [4.69, 9.17) is 21.1 Å². The van der Waals surface area contributed by atoms with Crippen LogP contribution < -0.4 is 9.47 Å². The second-order valence-electron chi connectivity index (χ2n) is 5.72. The Bertz CT molecular complexity index is 721. The van der Waals surface area contributed by atoms with Gasteiger partial charge < -0.3 is 14.4 Å². The van der Waals surface area contributed by atoms with Gasteiger partial charge in [0.1, 0.15) is 0 Å². The predicted octanol–water partition coefficient (Wildman–Crippen LogP) is 4.64. The van der Waals surface area contributed by atoms with Crippen molar-refractivity contribution >= 4 is 29.3 Å². The van der Waals surface area contributed by atoms with Crippen LogP contribution >= 0.6 is 23.4 Å². The normalized spacial score (nSPS) is 10.5. The molecule has 0 unspecified atom stereocenters. The van der Waals surface area contributed by atoms with Gasteiger partial charge in [-0.3, -0.25) is 4.79 Å². The summed E-state index contributed by atoms with van der Waals surface area (Å²) in [5, 5.41) is 0.724. The lowest BCUT2D eigenvalue weighted by Gasteiger charge is -2.21. The number of carbonyl (C=O) groups excluding carboxylic acids is 1. The van der Waals surface area contributed by atoms with Crippen molar-refractivity contribution in [2.45, 2.75) is 19.2 Å². The zero-order chi connectivity index (χ0) is 18.9. The van der Waals surface area contributed by atoms with Crippen molar-refractivity contribution in [2.75, 3.05) is 26.5 Å². The van der Waals surface area contributed by atoms with Gasteiger partial charge in [-0.1, -0.05) is 29.8 Å². The molecule has 4 nitrogen and oxygen atoms in total. The summed E-state index contributed by atoms with van der Waals surface area (Å²) in [6.07, 6.45) is 0. The number of halogens is 1. The van der Waals surface area contributed by atoms with E-state index in [0.717, 1.165) is 21.9 Å². The number of benzene rings is 2. The van der Waals surface area contributed by atoms with Gasteiger partial charge in [0, 0.05) is 23.9 Å². The van der Waals surface area contributed by atoms with Gasteiger partial charge in [0.2, 0.25) is 5.91 Å². The molecule has 2 rings (SSSR count). The van der Waals surface area contributed by atoms with Crippen LogP contribution in [0.5, 0.6) is 11.5 Å². The SMILES string of the molecule is CCN(Cc1ccc(OC)c(OC)c1)C(=O)CSCc1ccc(Cl)cc1. The van der Waals surface area contributed by atoms with Gasteiger partial charge in [0.05, 0.1) is 20.0 Å². The van der Waals surface area contributed by atoms with Crippen LogP contribution in [0.4, 0.5) is 0 Å². The predicted molar refractivity (Wildman–Crippen MR) is 108 cm³/mol. The molecule has 0 aliphatic heterocycles. The summed E-state index contributed by atoms with van der Waals surface area (Å²) >= 11 is 7.50. The Kier molecular flexibility index (Phi) is 8.13. The van der Waals surface area contributed by atoms with Crippen LogP contribution in [0, 0.1) is 0 Å². The lowest BCUT2D eigenvalue weighted by molar-refractivity contribution is -0.128. The van der Waals surface area contributed by atoms with Crippen molar-refractivity contribution < 1.29 is 14.3 Å². The fourth-order valence-electron chi connectivity index (χ4n) is 2.50. The van der Waals surface area contributed by atoms with Gasteiger partial charge in [-0.2, -0.15) is 0 Å². The quantitative estimate of drug-likeness (QED) is 0.622. The Morgan fingerprint density at radius 2 is 1.69 bits per heavy atom. The number of nitrogens with zero attached hydrogens (tertiary/aromatic N) is 1. The van der Waals surface area contributed by atoms with Gasteiger partial charge in [-0.25, -0.2) is 0 Å². The number of methoxy groups -OCH3 is 2. The minimum Gasteiger partial charge on any atom is -0.493 e. The summed E-state index contributed by atoms with van der Waals surface area (Å²) in [7, 11) is 3.22. The third kappa shape index (κ3) is 5.85. The highest BCUT2D eigenvalue weighted by molar-refractivity contribution is 7.99. The number of amides is 1. The van der Waals surface area contributed by atoms with Gasteiger partial charge >= 0.3 is 0 Å². The molecule has 0 aliphatic rings. The Hall–Kier alpha value is -1.85. The molecule has 0 radical (unpaired) electrons. The van der Waals surface area contributed by atoms with E-state index in [0.29, 0.717) is 30.3 Å². The first-order valence-electron chi connectivity index (χ1n) is 8.38. The Morgan fingerprint density at radius 1 is 1.04 bits per heavy atom. The molecular weight excluding hydrogens is 370 g/mol. The molecule has 0 heterocycles. The molecule has 0 aromatic heterocycles. The number of thioether (sulfide) groups is 1. The van der Waals surface area contributed by atoms with Crippen LogP contribution in [0.2, 0.25) is 5.02 Å². The summed E-state index contributed by atoms with van der Waals surface area (Å²) in [6.45, 7) is 3.20. The maximum Gasteiger partial charge on any atom is 0.232 e. The van der Waals surface area contributed by atoms with Crippen molar-refractivity contribution in [3.8, 4) is 11.5 Å². The summed E-state index contributed by atoms with van der Waals surface area (Å²) in [5.41, 5.74) is 2.18. The summed E-state index contributed by atoms with van der Waals surface area (Å²) in [5.74, 6) is 2.72. The van der Waals surface area contributed by atoms with E-state index in [1.807, 2.05) is 54.3 Å². The van der Waals surface area contributed by atoms with Crippen molar-refractivity contribution in [1.29, 1.82) is 0 Å². The largest absolute Gasteiger partial charge is 0.493 e. The molecule has 0 saturated carbocycles. The van der Waals surface area contributed by atoms with E-state index in [-0.39, 0.29) is 5.91 Å². The van der Waals surface area contributed by atoms with Crippen LogP contribution in [0.1, 0.15) is 18.1 Å². The van der Waals surface area contributed by atoms with E-state index >= 15 is 0 Å². The molecular formula is C20H24ClNO3S. The van der Waals surface area contributed by atoms with Crippen LogP contribution in [0.25, 0.3) is 0 Å². The molecule has 0 atom stereocenters. The molecule has 0 fully saturated rings. The summed E-state index contributed by atoms with van der Waals surface area (Å²) < 4.78 is 10.6. The average Bonchev–Trinajstić information content (AvgIpc) is 2.67. The molecule has 0 N–H and O–H groups in total. The number of rotatable bonds is 9. The second kappa shape index (κ2) is 10.3. The number of hydrogen-bond donors (Lipinski definition) is 0. The Balaban J connectivity index is 1.90. The highest BCUT2D eigenvalue weighted by Gasteiger charge is 2.14. The molecule has 26 heavy (non-hydrogen) atoms. The monoisotopic (exact) mass is 393 g/mol. The van der Waals surface area contributed by atoms with Crippen LogP contribution in [0.3, 0.4) is 0 Å². The van der Waals surface area contributed by atoms with Crippen molar-refractivity contribution in [3.05, 3.63) is 58.6 Å². The van der Waals surface area contributed by atoms with Gasteiger partial charge in [-0.05, 0) is 42.3 Å². The lowest BCUT2D eigenvalue weighted by atomic mass is 10.2. The first kappa shape index (κ1) is 20.5. The van der Waals surface area contributed by atoms with E-state index < -0.39 is 0 Å². The van der Waals surface area contributed by atoms with E-state index in [1.165, 1.54) is 0 Å². The third-order valence-corrected chi connectivity index (χ3v) is 5.20. The van der Waals surface area contributed by atoms with Crippen LogP contribution in [-0.4, -0.2) is 37.3 Å². The molecule has 2 aromatic rings. The minimum atomic E-state index is 0.126. The van der Waals surface area contributed by atoms with E-state index in [1.54, 1.807) is 26.0 Å². The van der Waals surface area contributed by atoms with E-state index in [9.17, 15) is 4.79 Å². The van der Waals surface area contributed by atoms with Crippen LogP contribution in [-0.2, 0) is 17.1 Å². The van der Waals surface area contributed by atoms with E-state index in [2.05, 4.69) is 0 Å². The molecule has 140 valence electrons. The average molecular weight is 394 g/mol. The molecule has 0 aliphatic carbocycles. The smallest absolute Gasteiger partial charge is 0.232 e. The second-order valence-corrected chi connectivity index (χ2v) is 7.14. The van der Waals surface area contributed by atoms with Crippen molar-refractivity contribution in [2.24, 2.45) is 0 Å². The molecule has 2 aromatic carbocycles.